The Morgan fingerprint density at radius 2 is 1.74 bits per heavy atom. The molecule has 0 saturated heterocycles. The number of carbonyl (C=O) groups excluding carboxylic acids is 3. The van der Waals surface area contributed by atoms with E-state index in [9.17, 15) is 31.2 Å². The van der Waals surface area contributed by atoms with Crippen molar-refractivity contribution < 1.29 is 31.2 Å². The van der Waals surface area contributed by atoms with E-state index in [2.05, 4.69) is 0 Å². The van der Waals surface area contributed by atoms with Crippen molar-refractivity contribution in [2.24, 2.45) is 5.92 Å². The number of rotatable bonds is 3. The normalized spacial score (nSPS) is 22.7. The minimum atomic E-state index is -4.16. The zero-order valence-electron chi connectivity index (χ0n) is 14.6. The van der Waals surface area contributed by atoms with Gasteiger partial charge in [-0.25, -0.2) is 16.8 Å². The highest BCUT2D eigenvalue weighted by Crippen LogP contribution is 2.42. The van der Waals surface area contributed by atoms with E-state index in [1.54, 1.807) is 0 Å². The molecule has 1 unspecified atom stereocenters. The number of Topliss-reactive ketones (excluding diaryl/α,β-unsaturated/α-hetero) is 3. The van der Waals surface area contributed by atoms with Crippen LogP contribution in [-0.4, -0.2) is 45.0 Å². The van der Waals surface area contributed by atoms with E-state index in [1.165, 1.54) is 13.0 Å². The molecule has 1 fully saturated rings. The number of fused-ring (bicyclic) bond motifs is 1. The molecule has 0 radical (unpaired) electrons. The highest BCUT2D eigenvalue weighted by atomic mass is 35.5. The zero-order chi connectivity index (χ0) is 20.3. The molecule has 2 aliphatic rings. The Hall–Kier alpha value is -1.58. The van der Waals surface area contributed by atoms with E-state index >= 15 is 0 Å². The molecule has 1 heterocycles. The second-order valence-corrected chi connectivity index (χ2v) is 11.9. The monoisotopic (exact) mass is 432 g/mol. The van der Waals surface area contributed by atoms with Gasteiger partial charge >= 0.3 is 0 Å². The Kier molecular flexibility index (Phi) is 4.85. The Morgan fingerprint density at radius 3 is 2.26 bits per heavy atom. The number of carbonyl (C=O) groups is 3. The van der Waals surface area contributed by atoms with Gasteiger partial charge in [-0.2, -0.15) is 0 Å². The molecular formula is C17H17ClO7S2. The van der Waals surface area contributed by atoms with Crippen LogP contribution < -0.4 is 0 Å². The molecule has 0 amide bonds. The van der Waals surface area contributed by atoms with Crippen molar-refractivity contribution in [2.75, 3.05) is 6.26 Å². The van der Waals surface area contributed by atoms with Gasteiger partial charge in [0.1, 0.15) is 5.92 Å². The van der Waals surface area contributed by atoms with Gasteiger partial charge in [0.15, 0.2) is 41.6 Å². The molecule has 1 aliphatic heterocycles. The first kappa shape index (κ1) is 20.2. The largest absolute Gasteiger partial charge is 0.298 e. The highest BCUT2D eigenvalue weighted by Gasteiger charge is 2.47. The van der Waals surface area contributed by atoms with Gasteiger partial charge in [-0.1, -0.05) is 11.6 Å². The minimum Gasteiger partial charge on any atom is -0.298 e. The van der Waals surface area contributed by atoms with Gasteiger partial charge in [-0.05, 0) is 30.5 Å². The van der Waals surface area contributed by atoms with Crippen LogP contribution in [0.15, 0.2) is 11.0 Å². The molecule has 146 valence electrons. The number of ketones is 3. The van der Waals surface area contributed by atoms with Crippen LogP contribution in [0.3, 0.4) is 0 Å². The van der Waals surface area contributed by atoms with Crippen LogP contribution >= 0.6 is 11.6 Å². The van der Waals surface area contributed by atoms with Crippen molar-refractivity contribution in [3.05, 3.63) is 27.8 Å². The second kappa shape index (κ2) is 6.49. The molecule has 0 bridgehead atoms. The smallest absolute Gasteiger partial charge is 0.196 e. The summed E-state index contributed by atoms with van der Waals surface area (Å²) in [6.45, 7) is 1.43. The summed E-state index contributed by atoms with van der Waals surface area (Å²) < 4.78 is 47.5. The molecule has 1 atom stereocenters. The third kappa shape index (κ3) is 3.15. The van der Waals surface area contributed by atoms with E-state index in [-0.39, 0.29) is 45.9 Å². The number of sulfone groups is 2. The average Bonchev–Trinajstić information content (AvgIpc) is 2.82. The SMILES string of the molecule is Cc1cc(C(=O)C2C(=O)CCCC2=O)c(Cl)c2c1S(=O)(=O)C(S(C)(=O)=O)C2. The summed E-state index contributed by atoms with van der Waals surface area (Å²) in [5.41, 5.74) is 0.0941. The maximum absolute atomic E-state index is 12.8. The lowest BCUT2D eigenvalue weighted by atomic mass is 9.81. The minimum absolute atomic E-state index is 0.0474. The van der Waals surface area contributed by atoms with Crippen molar-refractivity contribution in [3.8, 4) is 0 Å². The van der Waals surface area contributed by atoms with Gasteiger partial charge in [0.05, 0.1) is 9.92 Å². The predicted octanol–water partition coefficient (Wildman–Crippen LogP) is 1.47. The number of aryl methyl sites for hydroxylation is 1. The fraction of sp³-hybridized carbons (Fsp3) is 0.471. The molecule has 3 rings (SSSR count). The topological polar surface area (TPSA) is 119 Å². The van der Waals surface area contributed by atoms with E-state index in [0.717, 1.165) is 6.26 Å². The van der Waals surface area contributed by atoms with Gasteiger partial charge in [-0.3, -0.25) is 14.4 Å². The fourth-order valence-electron chi connectivity index (χ4n) is 3.75. The van der Waals surface area contributed by atoms with Crippen LogP contribution in [0, 0.1) is 12.8 Å². The number of hydrogen-bond acceptors (Lipinski definition) is 7. The van der Waals surface area contributed by atoms with Crippen LogP contribution in [0.1, 0.15) is 40.7 Å². The van der Waals surface area contributed by atoms with E-state index in [1.807, 2.05) is 0 Å². The van der Waals surface area contributed by atoms with Crippen LogP contribution in [0.2, 0.25) is 5.02 Å². The Balaban J connectivity index is 2.16. The Bertz CT molecular complexity index is 1080. The van der Waals surface area contributed by atoms with Crippen LogP contribution in [0.5, 0.6) is 0 Å². The lowest BCUT2D eigenvalue weighted by Crippen LogP contribution is -2.35. The highest BCUT2D eigenvalue weighted by molar-refractivity contribution is 8.09. The third-order valence-electron chi connectivity index (χ3n) is 4.99. The standard InChI is InChI=1S/C17H17ClO7S2/c1-8-6-9(16(21)14-11(19)4-3-5-12(14)20)15(18)10-7-13(26(2,22)23)27(24,25)17(8)10/h6,13-14H,3-5,7H2,1-2H3. The molecule has 0 spiro atoms. The summed E-state index contributed by atoms with van der Waals surface area (Å²) in [5, 5.41) is -0.207. The summed E-state index contributed by atoms with van der Waals surface area (Å²) in [7, 11) is -8.09. The summed E-state index contributed by atoms with van der Waals surface area (Å²) in [6, 6.07) is 1.22. The maximum Gasteiger partial charge on any atom is 0.196 e. The number of halogens is 1. The van der Waals surface area contributed by atoms with Crippen LogP contribution in [-0.2, 0) is 35.7 Å². The first-order valence-electron chi connectivity index (χ1n) is 8.21. The fourth-order valence-corrected chi connectivity index (χ4v) is 8.41. The van der Waals surface area contributed by atoms with Gasteiger partial charge < -0.3 is 0 Å². The molecule has 27 heavy (non-hydrogen) atoms. The molecule has 1 aromatic carbocycles. The van der Waals surface area contributed by atoms with E-state index in [4.69, 9.17) is 11.6 Å². The van der Waals surface area contributed by atoms with Crippen molar-refractivity contribution in [1.82, 2.24) is 0 Å². The van der Waals surface area contributed by atoms with Crippen molar-refractivity contribution in [3.63, 3.8) is 0 Å². The first-order valence-corrected chi connectivity index (χ1v) is 12.1. The summed E-state index contributed by atoms with van der Waals surface area (Å²) in [6.07, 6.45) is 1.09. The quantitative estimate of drug-likeness (QED) is 0.523. The molecule has 0 N–H and O–H groups in total. The summed E-state index contributed by atoms with van der Waals surface area (Å²) in [4.78, 5) is 36.8. The predicted molar refractivity (Wildman–Crippen MR) is 97.4 cm³/mol. The molecular weight excluding hydrogens is 416 g/mol. The molecule has 1 aromatic rings. The summed E-state index contributed by atoms with van der Waals surface area (Å²) >= 11 is 6.28. The molecule has 1 saturated carbocycles. The molecule has 7 nitrogen and oxygen atoms in total. The number of hydrogen-bond donors (Lipinski definition) is 0. The van der Waals surface area contributed by atoms with E-state index in [0.29, 0.717) is 6.42 Å². The zero-order valence-corrected chi connectivity index (χ0v) is 17.0. The van der Waals surface area contributed by atoms with Crippen LogP contribution in [0.25, 0.3) is 0 Å². The second-order valence-electron chi connectivity index (χ2n) is 6.95. The van der Waals surface area contributed by atoms with Gasteiger partial charge in [-0.15, -0.1) is 0 Å². The van der Waals surface area contributed by atoms with Crippen molar-refractivity contribution in [2.45, 2.75) is 42.1 Å². The van der Waals surface area contributed by atoms with E-state index < -0.39 is 47.5 Å². The van der Waals surface area contributed by atoms with Gasteiger partial charge in [0, 0.05) is 31.1 Å². The summed E-state index contributed by atoms with van der Waals surface area (Å²) in [5.74, 6) is -3.16. The Labute approximate surface area is 161 Å². The van der Waals surface area contributed by atoms with Crippen LogP contribution in [0.4, 0.5) is 0 Å². The van der Waals surface area contributed by atoms with Gasteiger partial charge in [0.25, 0.3) is 0 Å². The maximum atomic E-state index is 12.8. The number of benzene rings is 1. The molecule has 0 aromatic heterocycles. The Morgan fingerprint density at radius 1 is 1.19 bits per heavy atom. The lowest BCUT2D eigenvalue weighted by Gasteiger charge is -2.19. The van der Waals surface area contributed by atoms with Crippen molar-refractivity contribution >= 4 is 48.6 Å². The molecule has 1 aliphatic carbocycles. The lowest BCUT2D eigenvalue weighted by molar-refractivity contribution is -0.133. The third-order valence-corrected chi connectivity index (χ3v) is 10.3. The first-order chi connectivity index (χ1) is 12.4. The average molecular weight is 433 g/mol. The van der Waals surface area contributed by atoms with Crippen molar-refractivity contribution in [1.29, 1.82) is 0 Å². The molecule has 10 heteroatoms. The van der Waals surface area contributed by atoms with Gasteiger partial charge in [0.2, 0.25) is 0 Å².